The van der Waals surface area contributed by atoms with Crippen LogP contribution < -0.4 is 5.73 Å². The minimum Gasteiger partial charge on any atom is -0.330 e. The van der Waals surface area contributed by atoms with E-state index in [1.165, 1.54) is 0 Å². The van der Waals surface area contributed by atoms with Crippen LogP contribution in [0.5, 0.6) is 0 Å². The highest BCUT2D eigenvalue weighted by molar-refractivity contribution is 7.89. The van der Waals surface area contributed by atoms with E-state index in [4.69, 9.17) is 5.73 Å². The van der Waals surface area contributed by atoms with Crippen LogP contribution in [0.3, 0.4) is 0 Å². The Morgan fingerprint density at radius 3 is 2.57 bits per heavy atom. The lowest BCUT2D eigenvalue weighted by molar-refractivity contribution is 0.435. The van der Waals surface area contributed by atoms with Crippen molar-refractivity contribution in [3.05, 3.63) is 12.7 Å². The molecule has 1 aliphatic carbocycles. The molecule has 0 aromatic carbocycles. The molecule has 1 fully saturated rings. The van der Waals surface area contributed by atoms with Gasteiger partial charge in [-0.2, -0.15) is 4.31 Å². The van der Waals surface area contributed by atoms with Gasteiger partial charge in [0.1, 0.15) is 0 Å². The van der Waals surface area contributed by atoms with Gasteiger partial charge in [0.15, 0.2) is 0 Å². The summed E-state index contributed by atoms with van der Waals surface area (Å²) >= 11 is 0. The summed E-state index contributed by atoms with van der Waals surface area (Å²) in [6.07, 6.45) is 4.13. The smallest absolute Gasteiger partial charge is 0.214 e. The predicted molar refractivity (Wildman–Crippen MR) is 57.4 cm³/mol. The molecular weight excluding hydrogens is 200 g/mol. The first kappa shape index (κ1) is 11.7. The van der Waals surface area contributed by atoms with Crippen LogP contribution in [0.1, 0.15) is 19.3 Å². The maximum Gasteiger partial charge on any atom is 0.214 e. The van der Waals surface area contributed by atoms with Crippen LogP contribution >= 0.6 is 0 Å². The topological polar surface area (TPSA) is 63.4 Å². The van der Waals surface area contributed by atoms with Crippen molar-refractivity contribution in [3.63, 3.8) is 0 Å². The van der Waals surface area contributed by atoms with E-state index in [2.05, 4.69) is 6.58 Å². The monoisotopic (exact) mass is 218 g/mol. The largest absolute Gasteiger partial charge is 0.330 e. The molecule has 0 aliphatic heterocycles. The fraction of sp³-hybridized carbons (Fsp3) is 0.778. The molecule has 14 heavy (non-hydrogen) atoms. The first-order valence-electron chi connectivity index (χ1n) is 4.92. The molecule has 0 saturated heterocycles. The van der Waals surface area contributed by atoms with Gasteiger partial charge in [0.2, 0.25) is 10.0 Å². The minimum atomic E-state index is -3.10. The standard InChI is InChI=1S/C9H18N2O2S/c1-2-7-11(9-4-5-9)14(12,13)8-3-6-10/h2,9H,1,3-8,10H2. The zero-order valence-corrected chi connectivity index (χ0v) is 9.17. The van der Waals surface area contributed by atoms with E-state index >= 15 is 0 Å². The van der Waals surface area contributed by atoms with E-state index in [0.717, 1.165) is 12.8 Å². The minimum absolute atomic E-state index is 0.161. The van der Waals surface area contributed by atoms with E-state index in [1.54, 1.807) is 10.4 Å². The van der Waals surface area contributed by atoms with E-state index in [1.807, 2.05) is 0 Å². The highest BCUT2D eigenvalue weighted by atomic mass is 32.2. The van der Waals surface area contributed by atoms with E-state index in [0.29, 0.717) is 19.5 Å². The third kappa shape index (κ3) is 3.08. The van der Waals surface area contributed by atoms with Crippen molar-refractivity contribution in [1.29, 1.82) is 0 Å². The van der Waals surface area contributed by atoms with Crippen molar-refractivity contribution < 1.29 is 8.42 Å². The zero-order valence-electron chi connectivity index (χ0n) is 8.35. The lowest BCUT2D eigenvalue weighted by atomic mass is 10.5. The van der Waals surface area contributed by atoms with Crippen molar-refractivity contribution in [2.24, 2.45) is 5.73 Å². The number of hydrogen-bond donors (Lipinski definition) is 1. The van der Waals surface area contributed by atoms with Crippen molar-refractivity contribution in [1.82, 2.24) is 4.31 Å². The number of hydrogen-bond acceptors (Lipinski definition) is 3. The Morgan fingerprint density at radius 1 is 1.50 bits per heavy atom. The van der Waals surface area contributed by atoms with Gasteiger partial charge in [0.25, 0.3) is 0 Å². The van der Waals surface area contributed by atoms with E-state index < -0.39 is 10.0 Å². The van der Waals surface area contributed by atoms with Crippen LogP contribution in [0.2, 0.25) is 0 Å². The Hall–Kier alpha value is -0.390. The fourth-order valence-corrected chi connectivity index (χ4v) is 3.13. The number of nitrogens with zero attached hydrogens (tertiary/aromatic N) is 1. The van der Waals surface area contributed by atoms with E-state index in [9.17, 15) is 8.42 Å². The van der Waals surface area contributed by atoms with Gasteiger partial charge >= 0.3 is 0 Å². The van der Waals surface area contributed by atoms with Crippen LogP contribution in [-0.2, 0) is 10.0 Å². The van der Waals surface area contributed by atoms with Gasteiger partial charge < -0.3 is 5.73 Å². The number of rotatable bonds is 7. The summed E-state index contributed by atoms with van der Waals surface area (Å²) in [6.45, 7) is 4.42. The molecule has 1 saturated carbocycles. The maximum atomic E-state index is 11.8. The Balaban J connectivity index is 2.60. The lowest BCUT2D eigenvalue weighted by Gasteiger charge is -2.19. The number of sulfonamides is 1. The highest BCUT2D eigenvalue weighted by Crippen LogP contribution is 2.29. The van der Waals surface area contributed by atoms with Gasteiger partial charge in [0, 0.05) is 12.6 Å². The molecule has 0 aromatic heterocycles. The second-order valence-electron chi connectivity index (χ2n) is 3.55. The molecule has 82 valence electrons. The molecule has 0 radical (unpaired) electrons. The van der Waals surface area contributed by atoms with Crippen molar-refractivity contribution in [2.75, 3.05) is 18.8 Å². The Bertz CT molecular complexity index is 283. The van der Waals surface area contributed by atoms with Crippen LogP contribution in [0.15, 0.2) is 12.7 Å². The zero-order chi connectivity index (χ0) is 10.6. The molecule has 2 N–H and O–H groups in total. The third-order valence-electron chi connectivity index (χ3n) is 2.23. The molecule has 0 heterocycles. The first-order chi connectivity index (χ1) is 6.61. The highest BCUT2D eigenvalue weighted by Gasteiger charge is 2.35. The second kappa shape index (κ2) is 4.91. The van der Waals surface area contributed by atoms with Gasteiger partial charge in [-0.3, -0.25) is 0 Å². The molecular formula is C9H18N2O2S. The maximum absolute atomic E-state index is 11.8. The van der Waals surface area contributed by atoms with Gasteiger partial charge in [-0.1, -0.05) is 6.08 Å². The van der Waals surface area contributed by atoms with Gasteiger partial charge in [-0.15, -0.1) is 6.58 Å². The summed E-state index contributed by atoms with van der Waals surface area (Å²) < 4.78 is 25.1. The molecule has 1 rings (SSSR count). The van der Waals surface area contributed by atoms with E-state index in [-0.39, 0.29) is 11.8 Å². The summed E-state index contributed by atoms with van der Waals surface area (Å²) in [5, 5.41) is 0. The fourth-order valence-electron chi connectivity index (χ4n) is 1.36. The molecule has 0 spiro atoms. The SMILES string of the molecule is C=CCN(C1CC1)S(=O)(=O)CCCN. The van der Waals surface area contributed by atoms with Gasteiger partial charge in [-0.05, 0) is 25.8 Å². The molecule has 0 atom stereocenters. The van der Waals surface area contributed by atoms with Crippen LogP contribution in [0, 0.1) is 0 Å². The predicted octanol–water partition coefficient (Wildman–Crippen LogP) is 0.315. The first-order valence-corrected chi connectivity index (χ1v) is 6.53. The van der Waals surface area contributed by atoms with Gasteiger partial charge in [0.05, 0.1) is 5.75 Å². The summed E-state index contributed by atoms with van der Waals surface area (Å²) in [4.78, 5) is 0. The number of nitrogens with two attached hydrogens (primary N) is 1. The van der Waals surface area contributed by atoms with Crippen LogP contribution in [0.25, 0.3) is 0 Å². The Kier molecular flexibility index (Phi) is 4.10. The van der Waals surface area contributed by atoms with Crippen LogP contribution in [-0.4, -0.2) is 37.6 Å². The molecule has 0 bridgehead atoms. The van der Waals surface area contributed by atoms with Crippen molar-refractivity contribution in [2.45, 2.75) is 25.3 Å². The third-order valence-corrected chi connectivity index (χ3v) is 4.19. The normalized spacial score (nSPS) is 17.3. The van der Waals surface area contributed by atoms with Crippen molar-refractivity contribution in [3.8, 4) is 0 Å². The molecule has 0 unspecified atom stereocenters. The summed E-state index contributed by atoms with van der Waals surface area (Å²) in [7, 11) is -3.10. The summed E-state index contributed by atoms with van der Waals surface area (Å²) in [5.74, 6) is 0.161. The average Bonchev–Trinajstić information content (AvgIpc) is 2.94. The summed E-state index contributed by atoms with van der Waals surface area (Å²) in [6, 6.07) is 0.218. The molecule has 1 aliphatic rings. The quantitative estimate of drug-likeness (QED) is 0.626. The molecule has 0 aromatic rings. The van der Waals surface area contributed by atoms with Crippen LogP contribution in [0.4, 0.5) is 0 Å². The Labute approximate surface area is 85.8 Å². The molecule has 5 heteroatoms. The Morgan fingerprint density at radius 2 is 2.14 bits per heavy atom. The van der Waals surface area contributed by atoms with Crippen molar-refractivity contribution >= 4 is 10.0 Å². The lowest BCUT2D eigenvalue weighted by Crippen LogP contribution is -2.35. The van der Waals surface area contributed by atoms with Gasteiger partial charge in [-0.25, -0.2) is 8.42 Å². The molecule has 0 amide bonds. The molecule has 4 nitrogen and oxygen atoms in total. The summed E-state index contributed by atoms with van der Waals surface area (Å²) in [5.41, 5.74) is 5.30. The average molecular weight is 218 g/mol. The second-order valence-corrected chi connectivity index (χ2v) is 5.59.